The Morgan fingerprint density at radius 2 is 2.29 bits per heavy atom. The largest absolute Gasteiger partial charge is 0.378 e. The number of carbonyl (C=O) groups excluding carboxylic acids is 1. The Labute approximate surface area is 107 Å². The Kier molecular flexibility index (Phi) is 4.75. The Hall–Kier alpha value is -0.670. The van der Waals surface area contributed by atoms with Crippen LogP contribution >= 0.6 is 11.3 Å². The first-order chi connectivity index (χ1) is 8.28. The van der Waals surface area contributed by atoms with Crippen molar-refractivity contribution in [1.82, 2.24) is 0 Å². The number of aryl methyl sites for hydroxylation is 1. The Bertz CT molecular complexity index is 364. The summed E-state index contributed by atoms with van der Waals surface area (Å²) >= 11 is 1.77. The fraction of sp³-hybridized carbons (Fsp3) is 0.643. The van der Waals surface area contributed by atoms with E-state index < -0.39 is 0 Å². The average molecular weight is 252 g/mol. The summed E-state index contributed by atoms with van der Waals surface area (Å²) in [5.74, 6) is 0.352. The highest BCUT2D eigenvalue weighted by Gasteiger charge is 2.16. The van der Waals surface area contributed by atoms with Gasteiger partial charge in [-0.2, -0.15) is 0 Å². The maximum atomic E-state index is 11.8. The van der Waals surface area contributed by atoms with Gasteiger partial charge < -0.3 is 4.74 Å². The number of hydrogen-bond acceptors (Lipinski definition) is 3. The third-order valence-electron chi connectivity index (χ3n) is 3.21. The Morgan fingerprint density at radius 3 is 2.94 bits per heavy atom. The van der Waals surface area contributed by atoms with Gasteiger partial charge in [0.1, 0.15) is 5.78 Å². The van der Waals surface area contributed by atoms with Crippen molar-refractivity contribution in [1.29, 1.82) is 0 Å². The van der Waals surface area contributed by atoms with Crippen LogP contribution in [0.5, 0.6) is 0 Å². The van der Waals surface area contributed by atoms with Crippen LogP contribution in [0, 0.1) is 0 Å². The highest BCUT2D eigenvalue weighted by molar-refractivity contribution is 7.12. The molecule has 1 unspecified atom stereocenters. The summed E-state index contributed by atoms with van der Waals surface area (Å²) in [6.45, 7) is 3.03. The predicted octanol–water partition coefficient (Wildman–Crippen LogP) is 3.38. The Morgan fingerprint density at radius 1 is 1.47 bits per heavy atom. The number of ether oxygens (including phenoxy) is 1. The molecule has 1 aliphatic heterocycles. The molecule has 2 nitrogen and oxygen atoms in total. The van der Waals surface area contributed by atoms with E-state index in [0.717, 1.165) is 32.3 Å². The fourth-order valence-electron chi connectivity index (χ4n) is 2.18. The molecule has 2 rings (SSSR count). The van der Waals surface area contributed by atoms with Crippen LogP contribution in [0.25, 0.3) is 0 Å². The van der Waals surface area contributed by atoms with Gasteiger partial charge in [0.15, 0.2) is 0 Å². The molecular formula is C14H20O2S. The summed E-state index contributed by atoms with van der Waals surface area (Å²) < 4.78 is 5.53. The minimum atomic E-state index is 0.341. The van der Waals surface area contributed by atoms with Crippen LogP contribution in [-0.2, 0) is 22.4 Å². The van der Waals surface area contributed by atoms with Gasteiger partial charge in [-0.3, -0.25) is 4.79 Å². The molecule has 17 heavy (non-hydrogen) atoms. The molecule has 0 saturated carbocycles. The number of rotatable bonds is 6. The van der Waals surface area contributed by atoms with Gasteiger partial charge in [0.25, 0.3) is 0 Å². The SMILES string of the molecule is CCc1ccc(CC(=O)CCC2CCCO2)s1. The Balaban J connectivity index is 1.72. The van der Waals surface area contributed by atoms with E-state index in [-0.39, 0.29) is 0 Å². The van der Waals surface area contributed by atoms with E-state index in [1.54, 1.807) is 11.3 Å². The molecule has 1 saturated heterocycles. The molecule has 0 bridgehead atoms. The standard InChI is InChI=1S/C14H20O2S/c1-2-13-7-8-14(17-13)10-11(15)5-6-12-4-3-9-16-12/h7-8,12H,2-6,9-10H2,1H3. The smallest absolute Gasteiger partial charge is 0.138 e. The summed E-state index contributed by atoms with van der Waals surface area (Å²) in [5.41, 5.74) is 0. The quantitative estimate of drug-likeness (QED) is 0.776. The molecule has 0 spiro atoms. The van der Waals surface area contributed by atoms with Crippen LogP contribution in [0.15, 0.2) is 12.1 Å². The van der Waals surface area contributed by atoms with Crippen LogP contribution in [0.4, 0.5) is 0 Å². The predicted molar refractivity (Wildman–Crippen MR) is 70.6 cm³/mol. The van der Waals surface area contributed by atoms with E-state index >= 15 is 0 Å². The van der Waals surface area contributed by atoms with E-state index in [9.17, 15) is 4.79 Å². The summed E-state index contributed by atoms with van der Waals surface area (Å²) in [6.07, 6.45) is 5.88. The monoisotopic (exact) mass is 252 g/mol. The summed E-state index contributed by atoms with van der Waals surface area (Å²) in [7, 11) is 0. The topological polar surface area (TPSA) is 26.3 Å². The first kappa shape index (κ1) is 12.8. The second-order valence-corrected chi connectivity index (χ2v) is 5.86. The van der Waals surface area contributed by atoms with Crippen molar-refractivity contribution < 1.29 is 9.53 Å². The van der Waals surface area contributed by atoms with Gasteiger partial charge in [0.2, 0.25) is 0 Å². The molecule has 0 amide bonds. The second-order valence-electron chi connectivity index (χ2n) is 4.61. The van der Waals surface area contributed by atoms with Crippen molar-refractivity contribution in [2.24, 2.45) is 0 Å². The van der Waals surface area contributed by atoms with Gasteiger partial charge in [-0.05, 0) is 37.8 Å². The molecule has 0 N–H and O–H groups in total. The van der Waals surface area contributed by atoms with Gasteiger partial charge in [-0.1, -0.05) is 6.92 Å². The van der Waals surface area contributed by atoms with Crippen LogP contribution < -0.4 is 0 Å². The lowest BCUT2D eigenvalue weighted by atomic mass is 10.1. The van der Waals surface area contributed by atoms with Crippen LogP contribution in [0.1, 0.15) is 42.4 Å². The molecule has 1 fully saturated rings. The molecule has 1 aromatic rings. The van der Waals surface area contributed by atoms with E-state index in [2.05, 4.69) is 19.1 Å². The van der Waals surface area contributed by atoms with E-state index in [1.807, 2.05) is 0 Å². The second kappa shape index (κ2) is 6.31. The summed E-state index contributed by atoms with van der Waals surface area (Å²) in [4.78, 5) is 14.4. The van der Waals surface area contributed by atoms with E-state index in [0.29, 0.717) is 24.7 Å². The number of thiophene rings is 1. The minimum Gasteiger partial charge on any atom is -0.378 e. The van der Waals surface area contributed by atoms with Crippen LogP contribution in [-0.4, -0.2) is 18.5 Å². The van der Waals surface area contributed by atoms with Crippen molar-refractivity contribution in [3.05, 3.63) is 21.9 Å². The van der Waals surface area contributed by atoms with Crippen LogP contribution in [0.3, 0.4) is 0 Å². The number of hydrogen-bond donors (Lipinski definition) is 0. The molecule has 2 heterocycles. The third kappa shape index (κ3) is 3.93. The average Bonchev–Trinajstić information content (AvgIpc) is 2.97. The summed E-state index contributed by atoms with van der Waals surface area (Å²) in [5, 5.41) is 0. The lowest BCUT2D eigenvalue weighted by Gasteiger charge is -2.07. The molecule has 0 aromatic carbocycles. The molecule has 0 radical (unpaired) electrons. The zero-order valence-electron chi connectivity index (χ0n) is 10.4. The van der Waals surface area contributed by atoms with Gasteiger partial charge in [0, 0.05) is 29.2 Å². The summed E-state index contributed by atoms with van der Waals surface area (Å²) in [6, 6.07) is 4.22. The lowest BCUT2D eigenvalue weighted by molar-refractivity contribution is -0.119. The van der Waals surface area contributed by atoms with Crippen molar-refractivity contribution in [3.63, 3.8) is 0 Å². The molecule has 1 aromatic heterocycles. The molecule has 1 aliphatic rings. The van der Waals surface area contributed by atoms with Crippen molar-refractivity contribution in [2.45, 2.75) is 51.6 Å². The van der Waals surface area contributed by atoms with Gasteiger partial charge in [0.05, 0.1) is 6.10 Å². The van der Waals surface area contributed by atoms with Gasteiger partial charge in [-0.25, -0.2) is 0 Å². The normalized spacial score (nSPS) is 19.7. The first-order valence-electron chi connectivity index (χ1n) is 6.49. The zero-order chi connectivity index (χ0) is 12.1. The van der Waals surface area contributed by atoms with E-state index in [4.69, 9.17) is 4.74 Å². The van der Waals surface area contributed by atoms with Crippen molar-refractivity contribution in [2.75, 3.05) is 6.61 Å². The minimum absolute atomic E-state index is 0.341. The van der Waals surface area contributed by atoms with Crippen molar-refractivity contribution in [3.8, 4) is 0 Å². The molecule has 1 atom stereocenters. The fourth-order valence-corrected chi connectivity index (χ4v) is 3.17. The van der Waals surface area contributed by atoms with Crippen molar-refractivity contribution >= 4 is 17.1 Å². The molecular weight excluding hydrogens is 232 g/mol. The zero-order valence-corrected chi connectivity index (χ0v) is 11.2. The highest BCUT2D eigenvalue weighted by Crippen LogP contribution is 2.20. The number of Topliss-reactive ketones (excluding diaryl/α,β-unsaturated/α-hetero) is 1. The maximum Gasteiger partial charge on any atom is 0.138 e. The van der Waals surface area contributed by atoms with E-state index in [1.165, 1.54) is 9.75 Å². The lowest BCUT2D eigenvalue weighted by Crippen LogP contribution is -2.09. The molecule has 3 heteroatoms. The maximum absolute atomic E-state index is 11.8. The molecule has 94 valence electrons. The van der Waals surface area contributed by atoms with Gasteiger partial charge >= 0.3 is 0 Å². The third-order valence-corrected chi connectivity index (χ3v) is 4.44. The number of ketones is 1. The highest BCUT2D eigenvalue weighted by atomic mass is 32.1. The number of carbonyl (C=O) groups is 1. The molecule has 0 aliphatic carbocycles. The first-order valence-corrected chi connectivity index (χ1v) is 7.30. The van der Waals surface area contributed by atoms with Crippen LogP contribution in [0.2, 0.25) is 0 Å². The van der Waals surface area contributed by atoms with Gasteiger partial charge in [-0.15, -0.1) is 11.3 Å².